The molecule has 0 heterocycles. The number of alkyl halides is 3. The molecule has 29 heavy (non-hydrogen) atoms. The predicted octanol–water partition coefficient (Wildman–Crippen LogP) is 3.68. The zero-order chi connectivity index (χ0) is 20.9. The summed E-state index contributed by atoms with van der Waals surface area (Å²) in [5, 5.41) is 12.6. The maximum absolute atomic E-state index is 12.5. The van der Waals surface area contributed by atoms with Gasteiger partial charge in [-0.15, -0.1) is 0 Å². The number of hydrogen-bond donors (Lipinski definition) is 2. The standard InChI is InChI=1S/C22H24F3NO3/c23-22(24,25)18-7-9-20(10-8-18)29-14-19(27)13-26-21(28)12-15-5-6-16-3-1-2-4-17(16)11-15/h5-11,19,27H,1-4,12-14H2,(H,26,28). The van der Waals surface area contributed by atoms with E-state index in [9.17, 15) is 23.1 Å². The molecule has 1 aliphatic rings. The van der Waals surface area contributed by atoms with E-state index in [4.69, 9.17) is 4.74 Å². The molecule has 2 aromatic rings. The molecule has 1 atom stereocenters. The highest BCUT2D eigenvalue weighted by molar-refractivity contribution is 5.78. The summed E-state index contributed by atoms with van der Waals surface area (Å²) in [5.41, 5.74) is 2.85. The maximum atomic E-state index is 12.5. The fraction of sp³-hybridized carbons (Fsp3) is 0.409. The summed E-state index contributed by atoms with van der Waals surface area (Å²) in [6, 6.07) is 10.4. The van der Waals surface area contributed by atoms with E-state index in [0.29, 0.717) is 0 Å². The van der Waals surface area contributed by atoms with Crippen LogP contribution in [0.1, 0.15) is 35.1 Å². The lowest BCUT2D eigenvalue weighted by Gasteiger charge is -2.17. The quantitative estimate of drug-likeness (QED) is 0.736. The van der Waals surface area contributed by atoms with Crippen LogP contribution in [0.4, 0.5) is 13.2 Å². The summed E-state index contributed by atoms with van der Waals surface area (Å²) in [5.74, 6) is 0.0202. The van der Waals surface area contributed by atoms with Crippen molar-refractivity contribution in [1.29, 1.82) is 0 Å². The van der Waals surface area contributed by atoms with E-state index < -0.39 is 17.8 Å². The van der Waals surface area contributed by atoms with Gasteiger partial charge in [0.2, 0.25) is 5.91 Å². The van der Waals surface area contributed by atoms with Gasteiger partial charge in [0, 0.05) is 6.54 Å². The molecule has 0 bridgehead atoms. The lowest BCUT2D eigenvalue weighted by molar-refractivity contribution is -0.137. The number of rotatable bonds is 7. The highest BCUT2D eigenvalue weighted by Gasteiger charge is 2.30. The first kappa shape index (κ1) is 21.2. The van der Waals surface area contributed by atoms with Gasteiger partial charge >= 0.3 is 6.18 Å². The molecule has 0 spiro atoms. The van der Waals surface area contributed by atoms with Crippen molar-refractivity contribution in [3.63, 3.8) is 0 Å². The van der Waals surface area contributed by atoms with E-state index in [0.717, 1.165) is 30.5 Å². The van der Waals surface area contributed by atoms with Gasteiger partial charge in [0.05, 0.1) is 12.0 Å². The number of fused-ring (bicyclic) bond motifs is 1. The number of hydrogen-bond acceptors (Lipinski definition) is 3. The summed E-state index contributed by atoms with van der Waals surface area (Å²) in [7, 11) is 0. The number of carbonyl (C=O) groups is 1. The first-order valence-electron chi connectivity index (χ1n) is 9.67. The van der Waals surface area contributed by atoms with Gasteiger partial charge in [0.1, 0.15) is 18.5 Å². The highest BCUT2D eigenvalue weighted by atomic mass is 19.4. The Hall–Kier alpha value is -2.54. The molecule has 7 heteroatoms. The van der Waals surface area contributed by atoms with Crippen molar-refractivity contribution >= 4 is 5.91 Å². The molecule has 156 valence electrons. The topological polar surface area (TPSA) is 58.6 Å². The van der Waals surface area contributed by atoms with E-state index in [2.05, 4.69) is 17.4 Å². The van der Waals surface area contributed by atoms with Crippen molar-refractivity contribution in [1.82, 2.24) is 5.32 Å². The smallest absolute Gasteiger partial charge is 0.416 e. The van der Waals surface area contributed by atoms with Crippen LogP contribution in [0.25, 0.3) is 0 Å². The molecule has 2 N–H and O–H groups in total. The summed E-state index contributed by atoms with van der Waals surface area (Å²) in [6.45, 7) is -0.130. The Morgan fingerprint density at radius 3 is 2.45 bits per heavy atom. The Kier molecular flexibility index (Phi) is 6.79. The number of halogens is 3. The van der Waals surface area contributed by atoms with Crippen molar-refractivity contribution in [3.05, 3.63) is 64.7 Å². The van der Waals surface area contributed by atoms with Crippen molar-refractivity contribution in [3.8, 4) is 5.75 Å². The number of carbonyl (C=O) groups excluding carboxylic acids is 1. The second kappa shape index (κ2) is 9.31. The number of benzene rings is 2. The van der Waals surface area contributed by atoms with Gasteiger partial charge in [-0.25, -0.2) is 0 Å². The summed E-state index contributed by atoms with van der Waals surface area (Å²) in [6.07, 6.45) is -0.616. The summed E-state index contributed by atoms with van der Waals surface area (Å²) < 4.78 is 42.9. The van der Waals surface area contributed by atoms with Crippen LogP contribution >= 0.6 is 0 Å². The monoisotopic (exact) mass is 407 g/mol. The fourth-order valence-corrected chi connectivity index (χ4v) is 3.37. The Bertz CT molecular complexity index is 834. The average Bonchev–Trinajstić information content (AvgIpc) is 2.70. The molecule has 3 rings (SSSR count). The van der Waals surface area contributed by atoms with Gasteiger partial charge in [-0.3, -0.25) is 4.79 Å². The second-order valence-electron chi connectivity index (χ2n) is 7.28. The molecule has 1 amide bonds. The van der Waals surface area contributed by atoms with Crippen LogP contribution in [0.3, 0.4) is 0 Å². The molecular weight excluding hydrogens is 383 g/mol. The molecule has 0 fully saturated rings. The molecule has 0 aromatic heterocycles. The molecule has 4 nitrogen and oxygen atoms in total. The van der Waals surface area contributed by atoms with Gasteiger partial charge in [0.25, 0.3) is 0 Å². The normalized spacial score (nSPS) is 14.8. The minimum Gasteiger partial charge on any atom is -0.491 e. The molecule has 0 saturated carbocycles. The predicted molar refractivity (Wildman–Crippen MR) is 103 cm³/mol. The zero-order valence-electron chi connectivity index (χ0n) is 16.0. The minimum absolute atomic E-state index is 0.00437. The Labute approximate surface area is 167 Å². The molecule has 1 aliphatic carbocycles. The van der Waals surface area contributed by atoms with E-state index in [1.165, 1.54) is 36.1 Å². The van der Waals surface area contributed by atoms with Crippen LogP contribution in [0, 0.1) is 0 Å². The first-order chi connectivity index (χ1) is 13.8. The number of amides is 1. The van der Waals surface area contributed by atoms with Crippen LogP contribution in [0.5, 0.6) is 5.75 Å². The Morgan fingerprint density at radius 1 is 1.07 bits per heavy atom. The van der Waals surface area contributed by atoms with E-state index in [1.54, 1.807) is 0 Å². The minimum atomic E-state index is -4.40. The SMILES string of the molecule is O=C(Cc1ccc2c(c1)CCCC2)NCC(O)COc1ccc(C(F)(F)F)cc1. The van der Waals surface area contributed by atoms with Crippen LogP contribution in [0.2, 0.25) is 0 Å². The number of ether oxygens (including phenoxy) is 1. The number of nitrogens with one attached hydrogen (secondary N) is 1. The van der Waals surface area contributed by atoms with E-state index in [-0.39, 0.29) is 31.2 Å². The fourth-order valence-electron chi connectivity index (χ4n) is 3.37. The lowest BCUT2D eigenvalue weighted by Crippen LogP contribution is -2.36. The summed E-state index contributed by atoms with van der Waals surface area (Å²) >= 11 is 0. The molecule has 2 aromatic carbocycles. The van der Waals surface area contributed by atoms with Gasteiger partial charge in [-0.2, -0.15) is 13.2 Å². The van der Waals surface area contributed by atoms with Gasteiger partial charge in [-0.05, 0) is 66.6 Å². The molecule has 1 unspecified atom stereocenters. The van der Waals surface area contributed by atoms with Crippen molar-refractivity contribution in [2.45, 2.75) is 44.4 Å². The van der Waals surface area contributed by atoms with Crippen molar-refractivity contribution < 1.29 is 27.8 Å². The molecular formula is C22H24F3NO3. The number of aryl methyl sites for hydroxylation is 2. The summed E-state index contributed by atoms with van der Waals surface area (Å²) in [4.78, 5) is 12.1. The van der Waals surface area contributed by atoms with Gasteiger partial charge in [0.15, 0.2) is 0 Å². The van der Waals surface area contributed by atoms with E-state index in [1.807, 2.05) is 6.07 Å². The third kappa shape index (κ3) is 6.22. The van der Waals surface area contributed by atoms with Crippen molar-refractivity contribution in [2.75, 3.05) is 13.2 Å². The number of aliphatic hydroxyl groups excluding tert-OH is 1. The second-order valence-corrected chi connectivity index (χ2v) is 7.28. The maximum Gasteiger partial charge on any atom is 0.416 e. The third-order valence-corrected chi connectivity index (χ3v) is 4.94. The third-order valence-electron chi connectivity index (χ3n) is 4.94. The zero-order valence-corrected chi connectivity index (χ0v) is 16.0. The largest absolute Gasteiger partial charge is 0.491 e. The number of aliphatic hydroxyl groups is 1. The first-order valence-corrected chi connectivity index (χ1v) is 9.67. The van der Waals surface area contributed by atoms with Gasteiger partial charge < -0.3 is 15.2 Å². The molecule has 0 radical (unpaired) electrons. The Balaban J connectivity index is 1.41. The van der Waals surface area contributed by atoms with Crippen LogP contribution in [0.15, 0.2) is 42.5 Å². The highest BCUT2D eigenvalue weighted by Crippen LogP contribution is 2.30. The Morgan fingerprint density at radius 2 is 1.76 bits per heavy atom. The van der Waals surface area contributed by atoms with E-state index >= 15 is 0 Å². The van der Waals surface area contributed by atoms with Gasteiger partial charge in [-0.1, -0.05) is 18.2 Å². The lowest BCUT2D eigenvalue weighted by atomic mass is 9.90. The average molecular weight is 407 g/mol. The van der Waals surface area contributed by atoms with Crippen LogP contribution < -0.4 is 10.1 Å². The van der Waals surface area contributed by atoms with Crippen LogP contribution in [-0.2, 0) is 30.2 Å². The molecule has 0 aliphatic heterocycles. The van der Waals surface area contributed by atoms with Crippen LogP contribution in [-0.4, -0.2) is 30.3 Å². The molecule has 0 saturated heterocycles. The van der Waals surface area contributed by atoms with Crippen molar-refractivity contribution in [2.24, 2.45) is 0 Å².